The first-order valence-electron chi connectivity index (χ1n) is 11.5. The molecule has 0 aliphatic heterocycles. The standard InChI is InChI=1S/C30H28N2/c1-5-21-13-7-11-19(3)27(21)31-29-24-17-9-15-23-16-10-18-25(26(23)24)30(29)32-28-20(4)12-8-14-22(28)6-2/h7-18H,5-6H2,1-4H3/b31-29+,32-30+. The summed E-state index contributed by atoms with van der Waals surface area (Å²) in [7, 11) is 0. The molecule has 0 saturated carbocycles. The van der Waals surface area contributed by atoms with Gasteiger partial charge in [-0.15, -0.1) is 0 Å². The fraction of sp³-hybridized carbons (Fsp3) is 0.200. The minimum atomic E-state index is 0.954. The number of benzene rings is 4. The normalized spacial score (nSPS) is 15.2. The first kappa shape index (κ1) is 20.4. The second-order valence-electron chi connectivity index (χ2n) is 8.50. The molecule has 4 aromatic carbocycles. The molecule has 0 spiro atoms. The monoisotopic (exact) mass is 416 g/mol. The van der Waals surface area contributed by atoms with E-state index in [4.69, 9.17) is 9.98 Å². The smallest absolute Gasteiger partial charge is 0.0979 e. The number of aryl methyl sites for hydroxylation is 4. The van der Waals surface area contributed by atoms with Gasteiger partial charge >= 0.3 is 0 Å². The number of aliphatic imine (C=N–C) groups is 2. The lowest BCUT2D eigenvalue weighted by atomic mass is 10.0. The predicted molar refractivity (Wildman–Crippen MR) is 137 cm³/mol. The molecule has 1 aliphatic carbocycles. The minimum Gasteiger partial charge on any atom is -0.246 e. The number of nitrogens with zero attached hydrogens (tertiary/aromatic N) is 2. The van der Waals surface area contributed by atoms with E-state index in [2.05, 4.69) is 100 Å². The van der Waals surface area contributed by atoms with E-state index in [0.717, 1.165) is 35.6 Å². The predicted octanol–water partition coefficient (Wildman–Crippen LogP) is 7.84. The fourth-order valence-corrected chi connectivity index (χ4v) is 4.77. The van der Waals surface area contributed by atoms with Gasteiger partial charge in [-0.3, -0.25) is 0 Å². The second-order valence-corrected chi connectivity index (χ2v) is 8.50. The van der Waals surface area contributed by atoms with Crippen molar-refractivity contribution < 1.29 is 0 Å². The minimum absolute atomic E-state index is 0.954. The molecule has 4 aromatic rings. The molecular formula is C30H28N2. The van der Waals surface area contributed by atoms with Crippen molar-refractivity contribution in [3.05, 3.63) is 106 Å². The van der Waals surface area contributed by atoms with E-state index < -0.39 is 0 Å². The highest BCUT2D eigenvalue weighted by molar-refractivity contribution is 6.61. The maximum absolute atomic E-state index is 5.32. The lowest BCUT2D eigenvalue weighted by Crippen LogP contribution is -2.11. The molecule has 2 heteroatoms. The van der Waals surface area contributed by atoms with Gasteiger partial charge in [0.05, 0.1) is 22.8 Å². The number of hydrogen-bond acceptors (Lipinski definition) is 2. The summed E-state index contributed by atoms with van der Waals surface area (Å²) < 4.78 is 0. The van der Waals surface area contributed by atoms with Crippen LogP contribution in [0.25, 0.3) is 10.8 Å². The van der Waals surface area contributed by atoms with Gasteiger partial charge in [0.15, 0.2) is 0 Å². The molecule has 1 aliphatic rings. The van der Waals surface area contributed by atoms with Crippen molar-refractivity contribution in [1.82, 2.24) is 0 Å². The average Bonchev–Trinajstić information content (AvgIpc) is 3.11. The highest BCUT2D eigenvalue weighted by Gasteiger charge is 2.28. The molecule has 0 unspecified atom stereocenters. The third-order valence-corrected chi connectivity index (χ3v) is 6.49. The fourth-order valence-electron chi connectivity index (χ4n) is 4.77. The molecule has 0 aromatic heterocycles. The lowest BCUT2D eigenvalue weighted by molar-refractivity contribution is 1.12. The van der Waals surface area contributed by atoms with Gasteiger partial charge in [-0.05, 0) is 54.3 Å². The molecule has 2 nitrogen and oxygen atoms in total. The molecule has 0 bridgehead atoms. The van der Waals surface area contributed by atoms with E-state index in [9.17, 15) is 0 Å². The molecule has 158 valence electrons. The van der Waals surface area contributed by atoms with Crippen molar-refractivity contribution in [2.75, 3.05) is 0 Å². The summed E-state index contributed by atoms with van der Waals surface area (Å²) in [4.78, 5) is 10.6. The molecule has 0 N–H and O–H groups in total. The van der Waals surface area contributed by atoms with E-state index in [1.807, 2.05) is 0 Å². The Hall–Kier alpha value is -3.52. The Balaban J connectivity index is 1.84. The molecule has 0 saturated heterocycles. The molecule has 0 amide bonds. The quantitative estimate of drug-likeness (QED) is 0.324. The van der Waals surface area contributed by atoms with Crippen LogP contribution in [0.5, 0.6) is 0 Å². The van der Waals surface area contributed by atoms with Gasteiger partial charge in [0.2, 0.25) is 0 Å². The van der Waals surface area contributed by atoms with E-state index >= 15 is 0 Å². The van der Waals surface area contributed by atoms with Gasteiger partial charge in [-0.2, -0.15) is 0 Å². The van der Waals surface area contributed by atoms with Crippen LogP contribution in [-0.4, -0.2) is 11.4 Å². The third kappa shape index (κ3) is 3.27. The Bertz CT molecular complexity index is 1300. The Kier molecular flexibility index (Phi) is 5.22. The Morgan fingerprint density at radius 3 is 1.44 bits per heavy atom. The molecule has 0 fully saturated rings. The van der Waals surface area contributed by atoms with E-state index in [1.165, 1.54) is 44.2 Å². The van der Waals surface area contributed by atoms with Crippen LogP contribution in [0.4, 0.5) is 11.4 Å². The first-order valence-corrected chi connectivity index (χ1v) is 11.5. The van der Waals surface area contributed by atoms with Crippen LogP contribution in [0, 0.1) is 13.8 Å². The topological polar surface area (TPSA) is 24.7 Å². The third-order valence-electron chi connectivity index (χ3n) is 6.49. The Labute approximate surface area is 190 Å². The van der Waals surface area contributed by atoms with Crippen LogP contribution in [0.3, 0.4) is 0 Å². The summed E-state index contributed by atoms with van der Waals surface area (Å²) in [6, 6.07) is 25.9. The zero-order chi connectivity index (χ0) is 22.2. The van der Waals surface area contributed by atoms with E-state index in [1.54, 1.807) is 0 Å². The highest BCUT2D eigenvalue weighted by atomic mass is 14.8. The van der Waals surface area contributed by atoms with Crippen LogP contribution in [-0.2, 0) is 12.8 Å². The summed E-state index contributed by atoms with van der Waals surface area (Å²) in [6.45, 7) is 8.68. The molecular weight excluding hydrogens is 388 g/mol. The molecule has 0 radical (unpaired) electrons. The van der Waals surface area contributed by atoms with Crippen molar-refractivity contribution in [2.45, 2.75) is 40.5 Å². The number of para-hydroxylation sites is 2. The maximum atomic E-state index is 5.32. The van der Waals surface area contributed by atoms with Gasteiger partial charge in [-0.25, -0.2) is 9.98 Å². The van der Waals surface area contributed by atoms with Gasteiger partial charge < -0.3 is 0 Å². The van der Waals surface area contributed by atoms with Gasteiger partial charge in [0.25, 0.3) is 0 Å². The molecule has 5 rings (SSSR count). The van der Waals surface area contributed by atoms with Crippen LogP contribution >= 0.6 is 0 Å². The molecule has 32 heavy (non-hydrogen) atoms. The van der Waals surface area contributed by atoms with Crippen molar-refractivity contribution in [3.8, 4) is 0 Å². The van der Waals surface area contributed by atoms with Crippen molar-refractivity contribution in [1.29, 1.82) is 0 Å². The average molecular weight is 417 g/mol. The highest BCUT2D eigenvalue weighted by Crippen LogP contribution is 2.36. The summed E-state index contributed by atoms with van der Waals surface area (Å²) >= 11 is 0. The number of rotatable bonds is 4. The van der Waals surface area contributed by atoms with Crippen molar-refractivity contribution in [3.63, 3.8) is 0 Å². The summed E-state index contributed by atoms with van der Waals surface area (Å²) in [5.74, 6) is 0. The van der Waals surface area contributed by atoms with E-state index in [0.29, 0.717) is 0 Å². The van der Waals surface area contributed by atoms with Crippen LogP contribution in [0.15, 0.2) is 82.8 Å². The zero-order valence-electron chi connectivity index (χ0n) is 19.2. The molecule has 0 atom stereocenters. The van der Waals surface area contributed by atoms with Crippen molar-refractivity contribution in [2.24, 2.45) is 9.98 Å². The number of hydrogen-bond donors (Lipinski definition) is 0. The van der Waals surface area contributed by atoms with Crippen LogP contribution < -0.4 is 0 Å². The summed E-state index contributed by atoms with van der Waals surface area (Å²) in [5.41, 5.74) is 11.4. The van der Waals surface area contributed by atoms with Gasteiger partial charge in [0, 0.05) is 16.5 Å². The summed E-state index contributed by atoms with van der Waals surface area (Å²) in [6.07, 6.45) is 1.91. The molecule has 0 heterocycles. The second kappa shape index (κ2) is 8.20. The zero-order valence-corrected chi connectivity index (χ0v) is 19.2. The first-order chi connectivity index (χ1) is 15.6. The van der Waals surface area contributed by atoms with Crippen LogP contribution in [0.1, 0.15) is 47.2 Å². The largest absolute Gasteiger partial charge is 0.246 e. The van der Waals surface area contributed by atoms with Crippen molar-refractivity contribution >= 4 is 33.6 Å². The summed E-state index contributed by atoms with van der Waals surface area (Å²) in [5, 5.41) is 2.49. The van der Waals surface area contributed by atoms with Gasteiger partial charge in [-0.1, -0.05) is 86.6 Å². The van der Waals surface area contributed by atoms with Gasteiger partial charge in [0.1, 0.15) is 0 Å². The maximum Gasteiger partial charge on any atom is 0.0979 e. The lowest BCUT2D eigenvalue weighted by Gasteiger charge is -2.11. The Morgan fingerprint density at radius 1 is 0.562 bits per heavy atom. The SMILES string of the molecule is CCc1cccc(C)c1/N=C1/C(=N/c2c(C)cccc2CC)c2cccc3cccc1c23. The van der Waals surface area contributed by atoms with Crippen LogP contribution in [0.2, 0.25) is 0 Å². The van der Waals surface area contributed by atoms with E-state index in [-0.39, 0.29) is 0 Å². The Morgan fingerprint density at radius 2 is 1.00 bits per heavy atom.